The van der Waals surface area contributed by atoms with Crippen molar-refractivity contribution < 1.29 is 9.59 Å². The SMILES string of the molecule is Cc1ccc(C(=O)N2CCC(CCNC(=O)C(C)C)CC2)cc1. The van der Waals surface area contributed by atoms with Crippen molar-refractivity contribution >= 4 is 11.8 Å². The van der Waals surface area contributed by atoms with Crippen LogP contribution in [0.25, 0.3) is 0 Å². The zero-order valence-electron chi connectivity index (χ0n) is 14.5. The van der Waals surface area contributed by atoms with Crippen LogP contribution >= 0.6 is 0 Å². The molecule has 0 radical (unpaired) electrons. The van der Waals surface area contributed by atoms with Crippen LogP contribution in [0, 0.1) is 18.8 Å². The Morgan fingerprint density at radius 2 is 1.78 bits per heavy atom. The van der Waals surface area contributed by atoms with Gasteiger partial charge < -0.3 is 10.2 Å². The number of amides is 2. The minimum Gasteiger partial charge on any atom is -0.356 e. The quantitative estimate of drug-likeness (QED) is 0.908. The summed E-state index contributed by atoms with van der Waals surface area (Å²) in [5.41, 5.74) is 1.95. The first-order valence-electron chi connectivity index (χ1n) is 8.61. The molecule has 1 N–H and O–H groups in total. The maximum atomic E-state index is 12.5. The Hall–Kier alpha value is -1.84. The molecule has 1 aromatic carbocycles. The number of nitrogens with one attached hydrogen (secondary N) is 1. The number of piperidine rings is 1. The van der Waals surface area contributed by atoms with E-state index in [9.17, 15) is 9.59 Å². The molecule has 0 aliphatic carbocycles. The van der Waals surface area contributed by atoms with E-state index < -0.39 is 0 Å². The number of hydrogen-bond acceptors (Lipinski definition) is 2. The molecule has 4 heteroatoms. The number of carbonyl (C=O) groups is 2. The van der Waals surface area contributed by atoms with Crippen molar-refractivity contribution in [3.8, 4) is 0 Å². The third-order valence-electron chi connectivity index (χ3n) is 4.58. The van der Waals surface area contributed by atoms with Gasteiger partial charge in [0.1, 0.15) is 0 Å². The average Bonchev–Trinajstić information content (AvgIpc) is 2.55. The lowest BCUT2D eigenvalue weighted by atomic mass is 9.93. The van der Waals surface area contributed by atoms with Crippen molar-refractivity contribution in [3.05, 3.63) is 35.4 Å². The first-order chi connectivity index (χ1) is 11.0. The van der Waals surface area contributed by atoms with Crippen LogP contribution < -0.4 is 5.32 Å². The molecule has 0 saturated carbocycles. The number of likely N-dealkylation sites (tertiary alicyclic amines) is 1. The molecule has 126 valence electrons. The van der Waals surface area contributed by atoms with Crippen LogP contribution in [0.5, 0.6) is 0 Å². The highest BCUT2D eigenvalue weighted by Crippen LogP contribution is 2.21. The fourth-order valence-corrected chi connectivity index (χ4v) is 2.91. The predicted molar refractivity (Wildman–Crippen MR) is 92.3 cm³/mol. The molecule has 1 saturated heterocycles. The molecule has 0 bridgehead atoms. The molecule has 0 atom stereocenters. The van der Waals surface area contributed by atoms with E-state index in [0.29, 0.717) is 5.92 Å². The van der Waals surface area contributed by atoms with Gasteiger partial charge in [-0.15, -0.1) is 0 Å². The molecule has 0 unspecified atom stereocenters. The standard InChI is InChI=1S/C19H28N2O2/c1-14(2)18(22)20-11-8-16-9-12-21(13-10-16)19(23)17-6-4-15(3)5-7-17/h4-7,14,16H,8-13H2,1-3H3,(H,20,22). The molecule has 1 aromatic rings. The van der Waals surface area contributed by atoms with Crippen LogP contribution in [0.2, 0.25) is 0 Å². The van der Waals surface area contributed by atoms with Gasteiger partial charge in [-0.25, -0.2) is 0 Å². The van der Waals surface area contributed by atoms with Crippen molar-refractivity contribution in [2.24, 2.45) is 11.8 Å². The van der Waals surface area contributed by atoms with Gasteiger partial charge in [0.25, 0.3) is 5.91 Å². The maximum absolute atomic E-state index is 12.5. The Morgan fingerprint density at radius 3 is 2.35 bits per heavy atom. The lowest BCUT2D eigenvalue weighted by Gasteiger charge is -2.32. The Labute approximate surface area is 139 Å². The van der Waals surface area contributed by atoms with Crippen LogP contribution in [0.3, 0.4) is 0 Å². The summed E-state index contributed by atoms with van der Waals surface area (Å²) in [6, 6.07) is 7.78. The highest BCUT2D eigenvalue weighted by atomic mass is 16.2. The second kappa shape index (κ2) is 8.14. The van der Waals surface area contributed by atoms with Crippen LogP contribution in [0.15, 0.2) is 24.3 Å². The summed E-state index contributed by atoms with van der Waals surface area (Å²) in [5.74, 6) is 0.905. The molecular weight excluding hydrogens is 288 g/mol. The van der Waals surface area contributed by atoms with E-state index in [1.54, 1.807) is 0 Å². The van der Waals surface area contributed by atoms with Gasteiger partial charge in [0.2, 0.25) is 5.91 Å². The summed E-state index contributed by atoms with van der Waals surface area (Å²) in [7, 11) is 0. The summed E-state index contributed by atoms with van der Waals surface area (Å²) in [6.45, 7) is 8.21. The Balaban J connectivity index is 1.74. The number of benzene rings is 1. The lowest BCUT2D eigenvalue weighted by Crippen LogP contribution is -2.39. The van der Waals surface area contributed by atoms with Crippen molar-refractivity contribution in [2.75, 3.05) is 19.6 Å². The second-order valence-corrected chi connectivity index (χ2v) is 6.84. The summed E-state index contributed by atoms with van der Waals surface area (Å²) in [4.78, 5) is 26.0. The first kappa shape index (κ1) is 17.5. The predicted octanol–water partition coefficient (Wildman–Crippen LogP) is 3.01. The minimum atomic E-state index is 0.0454. The average molecular weight is 316 g/mol. The van der Waals surface area contributed by atoms with E-state index in [1.807, 2.05) is 49.9 Å². The molecule has 1 fully saturated rings. The highest BCUT2D eigenvalue weighted by molar-refractivity contribution is 5.94. The third-order valence-corrected chi connectivity index (χ3v) is 4.58. The molecule has 4 nitrogen and oxygen atoms in total. The van der Waals surface area contributed by atoms with Gasteiger partial charge in [-0.05, 0) is 44.2 Å². The van der Waals surface area contributed by atoms with Gasteiger partial charge in [0.05, 0.1) is 0 Å². The Bertz CT molecular complexity index is 529. The topological polar surface area (TPSA) is 49.4 Å². The molecule has 0 spiro atoms. The van der Waals surface area contributed by atoms with E-state index in [0.717, 1.165) is 44.5 Å². The number of nitrogens with zero attached hydrogens (tertiary/aromatic N) is 1. The van der Waals surface area contributed by atoms with Crippen molar-refractivity contribution in [3.63, 3.8) is 0 Å². The monoisotopic (exact) mass is 316 g/mol. The third kappa shape index (κ3) is 5.08. The fourth-order valence-electron chi connectivity index (χ4n) is 2.91. The summed E-state index contributed by atoms with van der Waals surface area (Å²) in [5, 5.41) is 2.98. The molecule has 0 aromatic heterocycles. The Morgan fingerprint density at radius 1 is 1.17 bits per heavy atom. The molecule has 1 heterocycles. The molecular formula is C19H28N2O2. The zero-order valence-corrected chi connectivity index (χ0v) is 14.5. The molecule has 2 amide bonds. The molecule has 23 heavy (non-hydrogen) atoms. The van der Waals surface area contributed by atoms with E-state index in [4.69, 9.17) is 0 Å². The van der Waals surface area contributed by atoms with E-state index in [2.05, 4.69) is 5.32 Å². The van der Waals surface area contributed by atoms with Crippen LogP contribution in [0.4, 0.5) is 0 Å². The molecule has 2 rings (SSSR count). The summed E-state index contributed by atoms with van der Waals surface area (Å²) < 4.78 is 0. The summed E-state index contributed by atoms with van der Waals surface area (Å²) in [6.07, 6.45) is 3.05. The van der Waals surface area contributed by atoms with Crippen molar-refractivity contribution in [1.82, 2.24) is 10.2 Å². The minimum absolute atomic E-state index is 0.0454. The van der Waals surface area contributed by atoms with Gasteiger partial charge in [-0.3, -0.25) is 9.59 Å². The highest BCUT2D eigenvalue weighted by Gasteiger charge is 2.23. The van der Waals surface area contributed by atoms with Crippen LogP contribution in [0.1, 0.15) is 49.0 Å². The van der Waals surface area contributed by atoms with E-state index in [1.165, 1.54) is 5.56 Å². The molecule has 1 aliphatic rings. The second-order valence-electron chi connectivity index (χ2n) is 6.84. The number of carbonyl (C=O) groups excluding carboxylic acids is 2. The number of rotatable bonds is 5. The van der Waals surface area contributed by atoms with Gasteiger partial charge in [-0.1, -0.05) is 31.5 Å². The zero-order chi connectivity index (χ0) is 16.8. The smallest absolute Gasteiger partial charge is 0.253 e. The maximum Gasteiger partial charge on any atom is 0.253 e. The molecule has 1 aliphatic heterocycles. The summed E-state index contributed by atoms with van der Waals surface area (Å²) >= 11 is 0. The largest absolute Gasteiger partial charge is 0.356 e. The van der Waals surface area contributed by atoms with Gasteiger partial charge in [0.15, 0.2) is 0 Å². The van der Waals surface area contributed by atoms with Gasteiger partial charge in [0, 0.05) is 31.1 Å². The number of aryl methyl sites for hydroxylation is 1. The van der Waals surface area contributed by atoms with E-state index >= 15 is 0 Å². The van der Waals surface area contributed by atoms with Crippen molar-refractivity contribution in [2.45, 2.75) is 40.0 Å². The van der Waals surface area contributed by atoms with Gasteiger partial charge >= 0.3 is 0 Å². The van der Waals surface area contributed by atoms with Gasteiger partial charge in [-0.2, -0.15) is 0 Å². The normalized spacial score (nSPS) is 15.7. The van der Waals surface area contributed by atoms with Crippen molar-refractivity contribution in [1.29, 1.82) is 0 Å². The lowest BCUT2D eigenvalue weighted by molar-refractivity contribution is -0.124. The van der Waals surface area contributed by atoms with Crippen LogP contribution in [-0.2, 0) is 4.79 Å². The first-order valence-corrected chi connectivity index (χ1v) is 8.61. The Kier molecular flexibility index (Phi) is 6.20. The van der Waals surface area contributed by atoms with Crippen LogP contribution in [-0.4, -0.2) is 36.3 Å². The fraction of sp³-hybridized carbons (Fsp3) is 0.579. The number of hydrogen-bond donors (Lipinski definition) is 1. The van der Waals surface area contributed by atoms with E-state index in [-0.39, 0.29) is 17.7 Å².